The highest BCUT2D eigenvalue weighted by Gasteiger charge is 2.11. The highest BCUT2D eigenvalue weighted by atomic mass is 35.5. The molecule has 2 N–H and O–H groups in total. The molecule has 1 aromatic rings. The molecule has 1 aromatic carbocycles. The van der Waals surface area contributed by atoms with Crippen LogP contribution in [0.3, 0.4) is 0 Å². The molecule has 118 valence electrons. The van der Waals surface area contributed by atoms with Gasteiger partial charge >= 0.3 is 0 Å². The van der Waals surface area contributed by atoms with Crippen LogP contribution in [-0.2, 0) is 11.3 Å². The van der Waals surface area contributed by atoms with E-state index in [1.165, 1.54) is 0 Å². The van der Waals surface area contributed by atoms with E-state index < -0.39 is 0 Å². The Hall–Kier alpha value is -1.26. The average Bonchev–Trinajstić information content (AvgIpc) is 2.47. The number of amides is 1. The molecule has 5 heteroatoms. The molecule has 4 nitrogen and oxygen atoms in total. The lowest BCUT2D eigenvalue weighted by atomic mass is 10.2. The molecule has 0 aromatic heterocycles. The Bertz CT molecular complexity index is 452. The van der Waals surface area contributed by atoms with Crippen LogP contribution in [0.2, 0.25) is 5.02 Å². The molecule has 1 unspecified atom stereocenters. The van der Waals surface area contributed by atoms with E-state index >= 15 is 0 Å². The zero-order chi connectivity index (χ0) is 15.7. The number of rotatable bonds is 9. The third-order valence-corrected chi connectivity index (χ3v) is 3.54. The van der Waals surface area contributed by atoms with E-state index in [0.29, 0.717) is 17.3 Å². The fourth-order valence-corrected chi connectivity index (χ4v) is 2.03. The number of nitrogens with one attached hydrogen (secondary N) is 2. The molecule has 1 amide bonds. The smallest absolute Gasteiger partial charge is 0.258 e. The molecule has 0 spiro atoms. The van der Waals surface area contributed by atoms with E-state index in [2.05, 4.69) is 17.6 Å². The van der Waals surface area contributed by atoms with Crippen molar-refractivity contribution < 1.29 is 9.53 Å². The summed E-state index contributed by atoms with van der Waals surface area (Å²) in [4.78, 5) is 11.8. The van der Waals surface area contributed by atoms with Crippen molar-refractivity contribution in [2.45, 2.75) is 46.2 Å². The van der Waals surface area contributed by atoms with Gasteiger partial charge in [-0.05, 0) is 38.4 Å². The van der Waals surface area contributed by atoms with Gasteiger partial charge in [-0.25, -0.2) is 0 Å². The van der Waals surface area contributed by atoms with Crippen molar-refractivity contribution in [1.29, 1.82) is 0 Å². The maximum Gasteiger partial charge on any atom is 0.258 e. The van der Waals surface area contributed by atoms with Gasteiger partial charge in [-0.2, -0.15) is 0 Å². The van der Waals surface area contributed by atoms with Crippen molar-refractivity contribution in [3.63, 3.8) is 0 Å². The molecule has 0 aliphatic heterocycles. The van der Waals surface area contributed by atoms with Gasteiger partial charge < -0.3 is 15.4 Å². The molecule has 0 bridgehead atoms. The summed E-state index contributed by atoms with van der Waals surface area (Å²) in [7, 11) is 0. The molecule has 0 heterocycles. The second kappa shape index (κ2) is 9.64. The van der Waals surface area contributed by atoms with E-state index in [1.54, 1.807) is 0 Å². The van der Waals surface area contributed by atoms with Gasteiger partial charge in [0.2, 0.25) is 0 Å². The molecular weight excluding hydrogens is 288 g/mol. The summed E-state index contributed by atoms with van der Waals surface area (Å²) in [6.07, 6.45) is 1.95. The fourth-order valence-electron chi connectivity index (χ4n) is 1.80. The van der Waals surface area contributed by atoms with Crippen molar-refractivity contribution in [3.05, 3.63) is 28.8 Å². The summed E-state index contributed by atoms with van der Waals surface area (Å²) in [6, 6.07) is 5.65. The average molecular weight is 313 g/mol. The van der Waals surface area contributed by atoms with E-state index in [0.717, 1.165) is 24.9 Å². The zero-order valence-corrected chi connectivity index (χ0v) is 13.8. The summed E-state index contributed by atoms with van der Waals surface area (Å²) in [5.41, 5.74) is 0.893. The van der Waals surface area contributed by atoms with Crippen LogP contribution in [0, 0.1) is 0 Å². The number of halogens is 1. The number of hydrogen-bond donors (Lipinski definition) is 2. The molecule has 0 fully saturated rings. The number of ether oxygens (including phenoxy) is 1. The minimum Gasteiger partial charge on any atom is -0.483 e. The Kier molecular flexibility index (Phi) is 8.16. The van der Waals surface area contributed by atoms with Crippen molar-refractivity contribution >= 4 is 17.5 Å². The Labute approximate surface area is 132 Å². The summed E-state index contributed by atoms with van der Waals surface area (Å²) in [5.74, 6) is 0.544. The number of benzene rings is 1. The van der Waals surface area contributed by atoms with Crippen molar-refractivity contribution in [3.8, 4) is 5.75 Å². The standard InChI is InChI=1S/C16H25ClN2O2/c1-4-9-18-10-13-14(17)7-6-8-15(13)21-11-16(20)19-12(3)5-2/h6-8,12,18H,4-5,9-11H2,1-3H3,(H,19,20). The van der Waals surface area contributed by atoms with Crippen molar-refractivity contribution in [2.24, 2.45) is 0 Å². The van der Waals surface area contributed by atoms with Gasteiger partial charge in [-0.1, -0.05) is 31.5 Å². The van der Waals surface area contributed by atoms with E-state index in [-0.39, 0.29) is 18.6 Å². The van der Waals surface area contributed by atoms with Gasteiger partial charge in [0.25, 0.3) is 5.91 Å². The fraction of sp³-hybridized carbons (Fsp3) is 0.562. The van der Waals surface area contributed by atoms with E-state index in [9.17, 15) is 4.79 Å². The maximum absolute atomic E-state index is 11.8. The monoisotopic (exact) mass is 312 g/mol. The predicted molar refractivity (Wildman–Crippen MR) is 86.8 cm³/mol. The molecule has 0 saturated carbocycles. The van der Waals surface area contributed by atoms with Gasteiger partial charge in [0.05, 0.1) is 0 Å². The summed E-state index contributed by atoms with van der Waals surface area (Å²) in [6.45, 7) is 7.66. The second-order valence-corrected chi connectivity index (χ2v) is 5.47. The molecule has 0 aliphatic carbocycles. The first-order valence-corrected chi connectivity index (χ1v) is 7.86. The van der Waals surface area contributed by atoms with Gasteiger partial charge in [0.1, 0.15) is 5.75 Å². The molecule has 0 radical (unpaired) electrons. The summed E-state index contributed by atoms with van der Waals surface area (Å²) in [5, 5.41) is 6.82. The molecular formula is C16H25ClN2O2. The largest absolute Gasteiger partial charge is 0.483 e. The lowest BCUT2D eigenvalue weighted by Gasteiger charge is -2.15. The quantitative estimate of drug-likeness (QED) is 0.689. The van der Waals surface area contributed by atoms with Crippen LogP contribution < -0.4 is 15.4 Å². The normalized spacial score (nSPS) is 12.0. The van der Waals surface area contributed by atoms with Crippen LogP contribution in [0.15, 0.2) is 18.2 Å². The van der Waals surface area contributed by atoms with Crippen LogP contribution in [0.25, 0.3) is 0 Å². The first-order valence-electron chi connectivity index (χ1n) is 7.48. The Morgan fingerprint density at radius 1 is 1.38 bits per heavy atom. The highest BCUT2D eigenvalue weighted by molar-refractivity contribution is 6.31. The van der Waals surface area contributed by atoms with E-state index in [4.69, 9.17) is 16.3 Å². The van der Waals surface area contributed by atoms with E-state index in [1.807, 2.05) is 32.0 Å². The van der Waals surface area contributed by atoms with Crippen LogP contribution >= 0.6 is 11.6 Å². The first kappa shape index (κ1) is 17.8. The minimum absolute atomic E-state index is 0.00542. The van der Waals surface area contributed by atoms with Crippen molar-refractivity contribution in [2.75, 3.05) is 13.2 Å². The van der Waals surface area contributed by atoms with Gasteiger partial charge in [-0.15, -0.1) is 0 Å². The van der Waals surface area contributed by atoms with Crippen LogP contribution in [0.5, 0.6) is 5.75 Å². The van der Waals surface area contributed by atoms with Crippen molar-refractivity contribution in [1.82, 2.24) is 10.6 Å². The SMILES string of the molecule is CCCNCc1c(Cl)cccc1OCC(=O)NC(C)CC. The van der Waals surface area contributed by atoms with Crippen LogP contribution in [-0.4, -0.2) is 25.1 Å². The third kappa shape index (κ3) is 6.36. The molecule has 0 aliphatic rings. The van der Waals surface area contributed by atoms with Crippen LogP contribution in [0.4, 0.5) is 0 Å². The second-order valence-electron chi connectivity index (χ2n) is 5.06. The number of carbonyl (C=O) groups is 1. The van der Waals surface area contributed by atoms with Gasteiger partial charge in [0.15, 0.2) is 6.61 Å². The zero-order valence-electron chi connectivity index (χ0n) is 13.0. The minimum atomic E-state index is -0.114. The molecule has 21 heavy (non-hydrogen) atoms. The topological polar surface area (TPSA) is 50.4 Å². The van der Waals surface area contributed by atoms with Gasteiger partial charge in [0, 0.05) is 23.2 Å². The summed E-state index contributed by atoms with van der Waals surface area (Å²) < 4.78 is 5.62. The highest BCUT2D eigenvalue weighted by Crippen LogP contribution is 2.26. The Morgan fingerprint density at radius 3 is 2.81 bits per heavy atom. The lowest BCUT2D eigenvalue weighted by Crippen LogP contribution is -2.35. The summed E-state index contributed by atoms with van der Waals surface area (Å²) >= 11 is 6.21. The molecule has 1 atom stereocenters. The lowest BCUT2D eigenvalue weighted by molar-refractivity contribution is -0.123. The predicted octanol–water partition coefficient (Wildman–Crippen LogP) is 3.13. The molecule has 1 rings (SSSR count). The van der Waals surface area contributed by atoms with Gasteiger partial charge in [-0.3, -0.25) is 4.79 Å². The third-order valence-electron chi connectivity index (χ3n) is 3.18. The number of carbonyl (C=O) groups excluding carboxylic acids is 1. The Morgan fingerprint density at radius 2 is 2.14 bits per heavy atom. The molecule has 0 saturated heterocycles. The Balaban J connectivity index is 2.61. The number of hydrogen-bond acceptors (Lipinski definition) is 3. The maximum atomic E-state index is 11.8. The first-order chi connectivity index (χ1) is 10.1. The van der Waals surface area contributed by atoms with Crippen LogP contribution in [0.1, 0.15) is 39.2 Å².